The molecule has 8 nitrogen and oxygen atoms in total. The molecule has 0 atom stereocenters. The summed E-state index contributed by atoms with van der Waals surface area (Å²) >= 11 is 0. The molecular weight excluding hydrogens is 382 g/mol. The van der Waals surface area contributed by atoms with E-state index < -0.39 is 0 Å². The Bertz CT molecular complexity index is 1130. The van der Waals surface area contributed by atoms with Crippen molar-refractivity contribution in [3.8, 4) is 11.5 Å². The van der Waals surface area contributed by atoms with Gasteiger partial charge in [-0.05, 0) is 31.2 Å². The number of carbonyl (C=O) groups excluding carboxylic acids is 3. The summed E-state index contributed by atoms with van der Waals surface area (Å²) in [7, 11) is 0. The molecule has 0 bridgehead atoms. The Morgan fingerprint density at radius 3 is 2.33 bits per heavy atom. The Morgan fingerprint density at radius 1 is 1.00 bits per heavy atom. The van der Waals surface area contributed by atoms with Crippen LogP contribution in [0.4, 0.5) is 0 Å². The Hall–Kier alpha value is -3.68. The van der Waals surface area contributed by atoms with Gasteiger partial charge in [-0.25, -0.2) is 4.68 Å². The van der Waals surface area contributed by atoms with Crippen LogP contribution in [0.2, 0.25) is 0 Å². The third-order valence-electron chi connectivity index (χ3n) is 5.66. The molecule has 2 aromatic heterocycles. The standard InChI is InChI=1S/C22H21N5O3/c1-15-4-6-16(7-5-15)27-22(24-10-2-3-11-24)17-12-25(13-18(17)23-27)21(30)14-26-19(28)8-9-20(26)29/h2-7,10-11H,8-9,12-14H2,1H3. The number of imide groups is 1. The highest BCUT2D eigenvalue weighted by atomic mass is 16.2. The average molecular weight is 403 g/mol. The van der Waals surface area contributed by atoms with E-state index in [1.54, 1.807) is 4.90 Å². The molecule has 0 spiro atoms. The van der Waals surface area contributed by atoms with Crippen molar-refractivity contribution >= 4 is 17.7 Å². The van der Waals surface area contributed by atoms with Gasteiger partial charge in [0.1, 0.15) is 12.4 Å². The van der Waals surface area contributed by atoms with Crippen molar-refractivity contribution in [3.05, 3.63) is 65.6 Å². The largest absolute Gasteiger partial charge is 0.331 e. The van der Waals surface area contributed by atoms with Crippen molar-refractivity contribution < 1.29 is 14.4 Å². The summed E-state index contributed by atoms with van der Waals surface area (Å²) in [4.78, 5) is 39.2. The maximum atomic E-state index is 12.8. The van der Waals surface area contributed by atoms with E-state index in [0.29, 0.717) is 13.1 Å². The van der Waals surface area contributed by atoms with Gasteiger partial charge in [0.25, 0.3) is 0 Å². The first kappa shape index (κ1) is 18.4. The van der Waals surface area contributed by atoms with Crippen molar-refractivity contribution in [1.82, 2.24) is 24.1 Å². The summed E-state index contributed by atoms with van der Waals surface area (Å²) in [6.45, 7) is 2.60. The summed E-state index contributed by atoms with van der Waals surface area (Å²) in [5.74, 6) is 0.102. The molecule has 30 heavy (non-hydrogen) atoms. The van der Waals surface area contributed by atoms with Gasteiger partial charge in [0.15, 0.2) is 0 Å². The number of amides is 3. The first-order valence-corrected chi connectivity index (χ1v) is 9.93. The second kappa shape index (κ2) is 6.98. The smallest absolute Gasteiger partial charge is 0.243 e. The van der Waals surface area contributed by atoms with Crippen LogP contribution in [0.1, 0.15) is 29.7 Å². The zero-order valence-electron chi connectivity index (χ0n) is 16.6. The van der Waals surface area contributed by atoms with Gasteiger partial charge in [-0.1, -0.05) is 17.7 Å². The number of rotatable bonds is 4. The lowest BCUT2D eigenvalue weighted by Crippen LogP contribution is -2.40. The number of hydrogen-bond acceptors (Lipinski definition) is 4. The Labute approximate surface area is 173 Å². The minimum absolute atomic E-state index is 0.188. The molecule has 0 radical (unpaired) electrons. The molecule has 4 heterocycles. The third kappa shape index (κ3) is 3.01. The molecule has 2 aliphatic heterocycles. The van der Waals surface area contributed by atoms with Gasteiger partial charge in [0.05, 0.1) is 24.5 Å². The van der Waals surface area contributed by atoms with Crippen LogP contribution >= 0.6 is 0 Å². The van der Waals surface area contributed by atoms with Gasteiger partial charge in [0, 0.05) is 30.8 Å². The molecule has 0 saturated carbocycles. The van der Waals surface area contributed by atoms with Crippen LogP contribution in [0.15, 0.2) is 48.8 Å². The number of likely N-dealkylation sites (tertiary alicyclic amines) is 1. The molecule has 3 amide bonds. The van der Waals surface area contributed by atoms with Crippen molar-refractivity contribution in [2.75, 3.05) is 6.54 Å². The summed E-state index contributed by atoms with van der Waals surface area (Å²) in [6, 6.07) is 12.0. The van der Waals surface area contributed by atoms with Gasteiger partial charge < -0.3 is 9.47 Å². The predicted molar refractivity (Wildman–Crippen MR) is 108 cm³/mol. The Balaban J connectivity index is 1.45. The molecule has 1 aromatic carbocycles. The fourth-order valence-corrected chi connectivity index (χ4v) is 4.02. The van der Waals surface area contributed by atoms with Crippen LogP contribution in [0, 0.1) is 6.92 Å². The topological polar surface area (TPSA) is 80.4 Å². The summed E-state index contributed by atoms with van der Waals surface area (Å²) < 4.78 is 3.90. The average Bonchev–Trinajstić information content (AvgIpc) is 3.49. The third-order valence-corrected chi connectivity index (χ3v) is 5.66. The first-order chi connectivity index (χ1) is 14.5. The molecule has 5 rings (SSSR count). The van der Waals surface area contributed by atoms with E-state index in [-0.39, 0.29) is 37.1 Å². The van der Waals surface area contributed by atoms with Crippen LogP contribution in [0.25, 0.3) is 11.5 Å². The molecule has 0 aliphatic carbocycles. The zero-order chi connectivity index (χ0) is 20.8. The van der Waals surface area contributed by atoms with E-state index in [9.17, 15) is 14.4 Å². The molecular formula is C22H21N5O3. The first-order valence-electron chi connectivity index (χ1n) is 9.93. The van der Waals surface area contributed by atoms with Crippen molar-refractivity contribution in [1.29, 1.82) is 0 Å². The van der Waals surface area contributed by atoms with Gasteiger partial charge in [-0.3, -0.25) is 19.3 Å². The predicted octanol–water partition coefficient (Wildman–Crippen LogP) is 1.96. The highest BCUT2D eigenvalue weighted by Crippen LogP contribution is 2.31. The van der Waals surface area contributed by atoms with Crippen LogP contribution in [0.3, 0.4) is 0 Å². The maximum Gasteiger partial charge on any atom is 0.243 e. The minimum atomic E-state index is -0.275. The van der Waals surface area contributed by atoms with Gasteiger partial charge >= 0.3 is 0 Å². The highest BCUT2D eigenvalue weighted by Gasteiger charge is 2.35. The van der Waals surface area contributed by atoms with E-state index in [1.807, 2.05) is 65.0 Å². The number of benzene rings is 1. The number of fused-ring (bicyclic) bond motifs is 1. The van der Waals surface area contributed by atoms with Gasteiger partial charge in [0.2, 0.25) is 17.7 Å². The normalized spacial score (nSPS) is 15.9. The van der Waals surface area contributed by atoms with Crippen LogP contribution in [0.5, 0.6) is 0 Å². The fourth-order valence-electron chi connectivity index (χ4n) is 4.02. The van der Waals surface area contributed by atoms with Crippen molar-refractivity contribution in [2.24, 2.45) is 0 Å². The molecule has 1 fully saturated rings. The van der Waals surface area contributed by atoms with Gasteiger partial charge in [-0.2, -0.15) is 5.10 Å². The van der Waals surface area contributed by atoms with E-state index in [4.69, 9.17) is 5.10 Å². The summed E-state index contributed by atoms with van der Waals surface area (Å²) in [5, 5.41) is 4.80. The lowest BCUT2D eigenvalue weighted by Gasteiger charge is -2.20. The Kier molecular flexibility index (Phi) is 4.27. The van der Waals surface area contributed by atoms with Crippen molar-refractivity contribution in [2.45, 2.75) is 32.9 Å². The van der Waals surface area contributed by atoms with E-state index >= 15 is 0 Å². The minimum Gasteiger partial charge on any atom is -0.331 e. The number of aromatic nitrogens is 3. The summed E-state index contributed by atoms with van der Waals surface area (Å²) in [5.41, 5.74) is 3.92. The number of carbonyl (C=O) groups is 3. The van der Waals surface area contributed by atoms with Crippen LogP contribution in [-0.2, 0) is 27.5 Å². The lowest BCUT2D eigenvalue weighted by molar-refractivity contribution is -0.145. The SMILES string of the molecule is Cc1ccc(-n2nc3c(c2-n2cccc2)CN(C(=O)CN2C(=O)CCC2=O)C3)cc1. The number of hydrogen-bond donors (Lipinski definition) is 0. The Morgan fingerprint density at radius 2 is 1.67 bits per heavy atom. The molecule has 152 valence electrons. The van der Waals surface area contributed by atoms with Crippen LogP contribution in [-0.4, -0.2) is 48.4 Å². The van der Waals surface area contributed by atoms with E-state index in [2.05, 4.69) is 0 Å². The number of nitrogens with zero attached hydrogens (tertiary/aromatic N) is 5. The number of aryl methyl sites for hydroxylation is 1. The monoisotopic (exact) mass is 403 g/mol. The fraction of sp³-hybridized carbons (Fsp3) is 0.273. The highest BCUT2D eigenvalue weighted by molar-refractivity contribution is 6.04. The van der Waals surface area contributed by atoms with Crippen molar-refractivity contribution in [3.63, 3.8) is 0 Å². The molecule has 2 aliphatic rings. The summed E-state index contributed by atoms with van der Waals surface area (Å²) in [6.07, 6.45) is 4.28. The van der Waals surface area contributed by atoms with E-state index in [0.717, 1.165) is 27.7 Å². The molecule has 8 heteroatoms. The second-order valence-electron chi connectivity index (χ2n) is 7.71. The van der Waals surface area contributed by atoms with Gasteiger partial charge in [-0.15, -0.1) is 0 Å². The molecule has 3 aromatic rings. The quantitative estimate of drug-likeness (QED) is 0.624. The second-order valence-corrected chi connectivity index (χ2v) is 7.71. The molecule has 1 saturated heterocycles. The molecule has 0 unspecified atom stereocenters. The van der Waals surface area contributed by atoms with Crippen LogP contribution < -0.4 is 0 Å². The van der Waals surface area contributed by atoms with E-state index in [1.165, 1.54) is 5.56 Å². The maximum absolute atomic E-state index is 12.8. The lowest BCUT2D eigenvalue weighted by atomic mass is 10.2. The zero-order valence-corrected chi connectivity index (χ0v) is 16.6. The molecule has 0 N–H and O–H groups in total.